The summed E-state index contributed by atoms with van der Waals surface area (Å²) in [4.78, 5) is 4.05. The van der Waals surface area contributed by atoms with Crippen LogP contribution in [0.2, 0.25) is 9.36 Å². The van der Waals surface area contributed by atoms with Crippen LogP contribution < -0.4 is 4.74 Å². The van der Waals surface area contributed by atoms with E-state index in [1.54, 1.807) is 25.3 Å². The summed E-state index contributed by atoms with van der Waals surface area (Å²) in [5.41, 5.74) is 0.837. The lowest BCUT2D eigenvalue weighted by Crippen LogP contribution is -2.03. The van der Waals surface area contributed by atoms with Gasteiger partial charge in [0.15, 0.2) is 0 Å². The number of benzene rings is 1. The van der Waals surface area contributed by atoms with Gasteiger partial charge in [0, 0.05) is 11.4 Å². The van der Waals surface area contributed by atoms with E-state index in [1.807, 2.05) is 0 Å². The molecule has 1 aromatic carbocycles. The van der Waals surface area contributed by atoms with Crippen LogP contribution >= 0.6 is 34.5 Å². The molecule has 1 N–H and O–H groups in total. The molecule has 2 aromatic rings. The van der Waals surface area contributed by atoms with E-state index in [0.29, 0.717) is 26.5 Å². The Morgan fingerprint density at radius 3 is 2.83 bits per heavy atom. The number of aliphatic hydroxyl groups is 1. The van der Waals surface area contributed by atoms with E-state index >= 15 is 0 Å². The Morgan fingerprint density at radius 1 is 1.44 bits per heavy atom. The Labute approximate surface area is 119 Å². The summed E-state index contributed by atoms with van der Waals surface area (Å²) in [6, 6.07) is 5.30. The fourth-order valence-corrected chi connectivity index (χ4v) is 2.73. The van der Waals surface area contributed by atoms with Gasteiger partial charge in [0.2, 0.25) is 0 Å². The predicted octanol–water partition coefficient (Wildman–Crippen LogP) is 3.73. The minimum absolute atomic E-state index is 0.383. The molecule has 6 heteroatoms. The number of ether oxygens (including phenoxy) is 1. The van der Waals surface area contributed by atoms with Crippen LogP contribution in [-0.4, -0.2) is 17.2 Å². The summed E-state index contributed by atoms with van der Waals surface area (Å²) in [6.45, 7) is 0. The Kier molecular flexibility index (Phi) is 4.45. The Hall–Kier alpha value is -0.810. The summed E-state index contributed by atoms with van der Waals surface area (Å²) in [5.74, 6) is 0.695. The fourth-order valence-electron chi connectivity index (χ4n) is 1.62. The first-order valence-electron chi connectivity index (χ1n) is 5.22. The maximum atomic E-state index is 10.1. The molecule has 0 fully saturated rings. The molecule has 0 aliphatic heterocycles. The fraction of sp³-hybridized carbons (Fsp3) is 0.250. The van der Waals surface area contributed by atoms with Crippen molar-refractivity contribution in [1.29, 1.82) is 0 Å². The van der Waals surface area contributed by atoms with E-state index in [2.05, 4.69) is 4.98 Å². The molecule has 0 radical (unpaired) electrons. The van der Waals surface area contributed by atoms with Gasteiger partial charge in [-0.15, -0.1) is 11.3 Å². The topological polar surface area (TPSA) is 42.4 Å². The largest absolute Gasteiger partial charge is 0.496 e. The van der Waals surface area contributed by atoms with Gasteiger partial charge in [0.25, 0.3) is 0 Å². The Bertz CT molecular complexity index is 545. The molecule has 0 saturated carbocycles. The van der Waals surface area contributed by atoms with Crippen LogP contribution in [0.15, 0.2) is 24.4 Å². The molecule has 96 valence electrons. The maximum absolute atomic E-state index is 10.1. The van der Waals surface area contributed by atoms with E-state index < -0.39 is 6.10 Å². The van der Waals surface area contributed by atoms with E-state index in [4.69, 9.17) is 27.9 Å². The first-order valence-corrected chi connectivity index (χ1v) is 6.79. The number of nitrogens with zero attached hydrogens (tertiary/aromatic N) is 1. The highest BCUT2D eigenvalue weighted by Crippen LogP contribution is 2.30. The lowest BCUT2D eigenvalue weighted by molar-refractivity contribution is 0.177. The zero-order valence-electron chi connectivity index (χ0n) is 9.56. The third-order valence-electron chi connectivity index (χ3n) is 2.44. The summed E-state index contributed by atoms with van der Waals surface area (Å²) in [6.07, 6.45) is 1.20. The molecule has 0 bridgehead atoms. The van der Waals surface area contributed by atoms with Crippen molar-refractivity contribution in [3.63, 3.8) is 0 Å². The van der Waals surface area contributed by atoms with Crippen molar-refractivity contribution < 1.29 is 9.84 Å². The molecule has 2 rings (SSSR count). The first-order chi connectivity index (χ1) is 8.60. The van der Waals surface area contributed by atoms with Gasteiger partial charge in [-0.25, -0.2) is 4.98 Å². The van der Waals surface area contributed by atoms with Crippen LogP contribution in [0.1, 0.15) is 16.7 Å². The highest BCUT2D eigenvalue weighted by Gasteiger charge is 2.15. The minimum atomic E-state index is -0.713. The Balaban J connectivity index is 2.20. The van der Waals surface area contributed by atoms with Crippen molar-refractivity contribution in [1.82, 2.24) is 4.98 Å². The van der Waals surface area contributed by atoms with Crippen LogP contribution in [0.3, 0.4) is 0 Å². The average Bonchev–Trinajstić information content (AvgIpc) is 2.76. The number of hydrogen-bond acceptors (Lipinski definition) is 4. The molecule has 0 spiro atoms. The molecule has 1 atom stereocenters. The lowest BCUT2D eigenvalue weighted by Gasteiger charge is -2.11. The molecule has 3 nitrogen and oxygen atoms in total. The SMILES string of the molecule is COc1ccc(Cl)cc1CC(O)c1ncc(Cl)s1. The average molecular weight is 304 g/mol. The van der Waals surface area contributed by atoms with Gasteiger partial charge in [0.1, 0.15) is 21.2 Å². The summed E-state index contributed by atoms with van der Waals surface area (Å²) in [7, 11) is 1.58. The number of halogens is 2. The van der Waals surface area contributed by atoms with Crippen molar-refractivity contribution in [2.45, 2.75) is 12.5 Å². The molecule has 0 aliphatic rings. The van der Waals surface area contributed by atoms with Gasteiger partial charge in [-0.1, -0.05) is 23.2 Å². The molecule has 0 saturated heterocycles. The van der Waals surface area contributed by atoms with Crippen LogP contribution in [0, 0.1) is 0 Å². The maximum Gasteiger partial charge on any atom is 0.123 e. The van der Waals surface area contributed by atoms with Gasteiger partial charge in [-0.3, -0.25) is 0 Å². The predicted molar refractivity (Wildman–Crippen MR) is 73.8 cm³/mol. The standard InChI is InChI=1S/C12H11Cl2NO2S/c1-17-10-3-2-8(13)4-7(10)5-9(16)12-15-6-11(14)18-12/h2-4,6,9,16H,5H2,1H3. The summed E-state index contributed by atoms with van der Waals surface area (Å²) >= 11 is 13.0. The van der Waals surface area contributed by atoms with Crippen LogP contribution in [0.5, 0.6) is 5.75 Å². The Morgan fingerprint density at radius 2 is 2.22 bits per heavy atom. The highest BCUT2D eigenvalue weighted by molar-refractivity contribution is 7.15. The third kappa shape index (κ3) is 3.14. The zero-order chi connectivity index (χ0) is 13.1. The van der Waals surface area contributed by atoms with Gasteiger partial charge >= 0.3 is 0 Å². The number of aromatic nitrogens is 1. The van der Waals surface area contributed by atoms with E-state index in [-0.39, 0.29) is 0 Å². The van der Waals surface area contributed by atoms with Crippen molar-refractivity contribution >= 4 is 34.5 Å². The van der Waals surface area contributed by atoms with E-state index in [1.165, 1.54) is 17.5 Å². The molecule has 0 aliphatic carbocycles. The third-order valence-corrected chi connectivity index (χ3v) is 3.89. The second-order valence-electron chi connectivity index (χ2n) is 3.68. The van der Waals surface area contributed by atoms with Crippen molar-refractivity contribution in [3.8, 4) is 5.75 Å². The van der Waals surface area contributed by atoms with Gasteiger partial charge < -0.3 is 9.84 Å². The van der Waals surface area contributed by atoms with Crippen LogP contribution in [-0.2, 0) is 6.42 Å². The lowest BCUT2D eigenvalue weighted by atomic mass is 10.1. The number of hydrogen-bond donors (Lipinski definition) is 1. The summed E-state index contributed by atoms with van der Waals surface area (Å²) < 4.78 is 5.79. The first kappa shape index (κ1) is 13.6. The molecule has 0 amide bonds. The monoisotopic (exact) mass is 303 g/mol. The minimum Gasteiger partial charge on any atom is -0.496 e. The second kappa shape index (κ2) is 5.89. The number of methoxy groups -OCH3 is 1. The molecule has 1 heterocycles. The molecule has 1 unspecified atom stereocenters. The summed E-state index contributed by atoms with van der Waals surface area (Å²) in [5, 5.41) is 11.3. The normalized spacial score (nSPS) is 12.4. The number of rotatable bonds is 4. The van der Waals surface area contributed by atoms with Crippen molar-refractivity contribution in [2.75, 3.05) is 7.11 Å². The van der Waals surface area contributed by atoms with Crippen molar-refractivity contribution in [2.24, 2.45) is 0 Å². The number of aliphatic hydroxyl groups excluding tert-OH is 1. The highest BCUT2D eigenvalue weighted by atomic mass is 35.5. The molecule has 18 heavy (non-hydrogen) atoms. The second-order valence-corrected chi connectivity index (χ2v) is 5.81. The molecular formula is C12H11Cl2NO2S. The van der Waals surface area contributed by atoms with Crippen molar-refractivity contribution in [3.05, 3.63) is 44.3 Å². The molecular weight excluding hydrogens is 293 g/mol. The van der Waals surface area contributed by atoms with E-state index in [9.17, 15) is 5.11 Å². The quantitative estimate of drug-likeness (QED) is 0.935. The smallest absolute Gasteiger partial charge is 0.123 e. The van der Waals surface area contributed by atoms with Gasteiger partial charge in [0.05, 0.1) is 13.3 Å². The van der Waals surface area contributed by atoms with Crippen LogP contribution in [0.25, 0.3) is 0 Å². The zero-order valence-corrected chi connectivity index (χ0v) is 11.9. The number of thiazole rings is 1. The molecule has 1 aromatic heterocycles. The van der Waals surface area contributed by atoms with Crippen LogP contribution in [0.4, 0.5) is 0 Å². The van der Waals surface area contributed by atoms with Gasteiger partial charge in [-0.05, 0) is 23.8 Å². The van der Waals surface area contributed by atoms with E-state index in [0.717, 1.165) is 5.56 Å². The van der Waals surface area contributed by atoms with Gasteiger partial charge in [-0.2, -0.15) is 0 Å².